The Kier molecular flexibility index (Phi) is 6.25. The van der Waals surface area contributed by atoms with E-state index in [0.29, 0.717) is 17.9 Å². The van der Waals surface area contributed by atoms with Gasteiger partial charge in [-0.1, -0.05) is 32.6 Å². The highest BCUT2D eigenvalue weighted by molar-refractivity contribution is 5.91. The van der Waals surface area contributed by atoms with Gasteiger partial charge in [0.25, 0.3) is 0 Å². The predicted octanol–water partition coefficient (Wildman–Crippen LogP) is 3.14. The summed E-state index contributed by atoms with van der Waals surface area (Å²) >= 11 is 0. The third-order valence-electron chi connectivity index (χ3n) is 3.12. The number of rotatable bonds is 8. The zero-order chi connectivity index (χ0) is 14.3. The first-order chi connectivity index (χ1) is 9.07. The maximum absolute atomic E-state index is 11.2. The number of carboxylic acid groups (broad SMARTS) is 1. The third kappa shape index (κ3) is 4.50. The molecule has 1 aromatic heterocycles. The van der Waals surface area contributed by atoms with Gasteiger partial charge in [0.2, 0.25) is 5.88 Å². The zero-order valence-electron chi connectivity index (χ0n) is 11.9. The van der Waals surface area contributed by atoms with Gasteiger partial charge in [-0.15, -0.1) is 5.10 Å². The monoisotopic (exact) mass is 266 g/mol. The van der Waals surface area contributed by atoms with Gasteiger partial charge in [0.1, 0.15) is 5.56 Å². The van der Waals surface area contributed by atoms with Crippen LogP contribution in [0.2, 0.25) is 0 Å². The summed E-state index contributed by atoms with van der Waals surface area (Å²) in [6, 6.07) is 0. The Morgan fingerprint density at radius 2 is 1.84 bits per heavy atom. The fraction of sp³-hybridized carbons (Fsp3) is 0.643. The molecule has 1 N–H and O–H groups in total. The smallest absolute Gasteiger partial charge is 0.341 e. The molecule has 1 heterocycles. The molecule has 1 aromatic rings. The van der Waals surface area contributed by atoms with Crippen LogP contribution in [-0.4, -0.2) is 27.9 Å². The van der Waals surface area contributed by atoms with E-state index < -0.39 is 5.97 Å². The van der Waals surface area contributed by atoms with Crippen LogP contribution in [0.15, 0.2) is 0 Å². The van der Waals surface area contributed by atoms with Crippen LogP contribution in [0.4, 0.5) is 0 Å². The van der Waals surface area contributed by atoms with Crippen molar-refractivity contribution in [1.29, 1.82) is 0 Å². The molecular weight excluding hydrogens is 244 g/mol. The minimum absolute atomic E-state index is 0.126. The van der Waals surface area contributed by atoms with Gasteiger partial charge >= 0.3 is 5.97 Å². The molecule has 0 aliphatic carbocycles. The summed E-state index contributed by atoms with van der Waals surface area (Å²) in [7, 11) is 0. The Morgan fingerprint density at radius 1 is 1.16 bits per heavy atom. The van der Waals surface area contributed by atoms with E-state index in [1.807, 2.05) is 0 Å². The molecule has 0 atom stereocenters. The summed E-state index contributed by atoms with van der Waals surface area (Å²) in [6.45, 7) is 6.12. The van der Waals surface area contributed by atoms with E-state index in [2.05, 4.69) is 17.1 Å². The quantitative estimate of drug-likeness (QED) is 0.732. The number of unbranched alkanes of at least 4 members (excludes halogenated alkanes) is 4. The highest BCUT2D eigenvalue weighted by atomic mass is 16.5. The fourth-order valence-corrected chi connectivity index (χ4v) is 1.81. The van der Waals surface area contributed by atoms with Gasteiger partial charge in [-0.3, -0.25) is 0 Å². The molecule has 0 amide bonds. The van der Waals surface area contributed by atoms with Gasteiger partial charge in [-0.05, 0) is 25.8 Å². The molecular formula is C14H22N2O3. The molecule has 5 nitrogen and oxygen atoms in total. The highest BCUT2D eigenvalue weighted by Crippen LogP contribution is 2.20. The van der Waals surface area contributed by atoms with Crippen molar-refractivity contribution in [2.24, 2.45) is 0 Å². The van der Waals surface area contributed by atoms with Crippen LogP contribution in [-0.2, 0) is 0 Å². The molecule has 0 spiro atoms. The Hall–Kier alpha value is -1.65. The lowest BCUT2D eigenvalue weighted by atomic mass is 10.1. The van der Waals surface area contributed by atoms with Crippen molar-refractivity contribution in [3.05, 3.63) is 16.8 Å². The van der Waals surface area contributed by atoms with Crippen molar-refractivity contribution in [3.8, 4) is 5.88 Å². The third-order valence-corrected chi connectivity index (χ3v) is 3.12. The van der Waals surface area contributed by atoms with Crippen molar-refractivity contribution in [3.63, 3.8) is 0 Å². The summed E-state index contributed by atoms with van der Waals surface area (Å²) in [4.78, 5) is 11.2. The lowest BCUT2D eigenvalue weighted by Gasteiger charge is -2.10. The molecule has 0 aliphatic rings. The molecule has 0 aromatic carbocycles. The zero-order valence-corrected chi connectivity index (χ0v) is 11.9. The van der Waals surface area contributed by atoms with E-state index in [1.165, 1.54) is 19.3 Å². The van der Waals surface area contributed by atoms with Crippen molar-refractivity contribution in [2.75, 3.05) is 6.61 Å². The Morgan fingerprint density at radius 3 is 2.47 bits per heavy atom. The number of hydrogen-bond acceptors (Lipinski definition) is 4. The van der Waals surface area contributed by atoms with Crippen LogP contribution in [0.5, 0.6) is 5.88 Å². The molecule has 0 saturated heterocycles. The number of carbonyl (C=O) groups is 1. The second kappa shape index (κ2) is 7.71. The fourth-order valence-electron chi connectivity index (χ4n) is 1.81. The van der Waals surface area contributed by atoms with Gasteiger partial charge in [0.15, 0.2) is 0 Å². The second-order valence-electron chi connectivity index (χ2n) is 4.66. The average molecular weight is 266 g/mol. The largest absolute Gasteiger partial charge is 0.477 e. The molecule has 0 radical (unpaired) electrons. The molecule has 0 aliphatic heterocycles. The summed E-state index contributed by atoms with van der Waals surface area (Å²) < 4.78 is 5.46. The van der Waals surface area contributed by atoms with E-state index >= 15 is 0 Å². The summed E-state index contributed by atoms with van der Waals surface area (Å²) in [5.41, 5.74) is 1.36. The number of aryl methyl sites for hydroxylation is 1. The van der Waals surface area contributed by atoms with Gasteiger partial charge < -0.3 is 9.84 Å². The standard InChI is InChI=1S/C14H22N2O3/c1-4-5-6-7-8-9-19-13-12(14(17)18)10(2)11(3)15-16-13/h4-9H2,1-3H3,(H,17,18). The van der Waals surface area contributed by atoms with Gasteiger partial charge in [-0.25, -0.2) is 4.79 Å². The number of ether oxygens (including phenoxy) is 1. The Labute approximate surface area is 114 Å². The molecule has 0 fully saturated rings. The molecule has 0 saturated carbocycles. The minimum atomic E-state index is -1.02. The van der Waals surface area contributed by atoms with Crippen LogP contribution in [0.25, 0.3) is 0 Å². The van der Waals surface area contributed by atoms with Gasteiger partial charge in [0, 0.05) is 0 Å². The van der Waals surface area contributed by atoms with Gasteiger partial charge in [-0.2, -0.15) is 5.10 Å². The Bertz CT molecular complexity index is 433. The first-order valence-corrected chi connectivity index (χ1v) is 6.77. The summed E-state index contributed by atoms with van der Waals surface area (Å²) in [5, 5.41) is 16.9. The maximum atomic E-state index is 11.2. The van der Waals surface area contributed by atoms with Crippen molar-refractivity contribution >= 4 is 5.97 Å². The molecule has 106 valence electrons. The van der Waals surface area contributed by atoms with Gasteiger partial charge in [0.05, 0.1) is 12.3 Å². The molecule has 1 rings (SSSR count). The second-order valence-corrected chi connectivity index (χ2v) is 4.66. The number of aromatic nitrogens is 2. The van der Waals surface area contributed by atoms with E-state index in [1.54, 1.807) is 13.8 Å². The number of nitrogens with zero attached hydrogens (tertiary/aromatic N) is 2. The Balaban J connectivity index is 2.58. The van der Waals surface area contributed by atoms with E-state index in [0.717, 1.165) is 12.8 Å². The molecule has 0 unspecified atom stereocenters. The van der Waals surface area contributed by atoms with Crippen molar-refractivity contribution < 1.29 is 14.6 Å². The SMILES string of the molecule is CCCCCCCOc1nnc(C)c(C)c1C(=O)O. The van der Waals surface area contributed by atoms with E-state index in [-0.39, 0.29) is 11.4 Å². The topological polar surface area (TPSA) is 72.3 Å². The minimum Gasteiger partial charge on any atom is -0.477 e. The van der Waals surface area contributed by atoms with Crippen molar-refractivity contribution in [2.45, 2.75) is 52.9 Å². The first kappa shape index (κ1) is 15.4. The summed E-state index contributed by atoms with van der Waals surface area (Å²) in [6.07, 6.45) is 5.61. The van der Waals surface area contributed by atoms with E-state index in [4.69, 9.17) is 4.74 Å². The van der Waals surface area contributed by atoms with Crippen LogP contribution in [0, 0.1) is 13.8 Å². The van der Waals surface area contributed by atoms with Crippen LogP contribution in [0.3, 0.4) is 0 Å². The number of hydrogen-bond donors (Lipinski definition) is 1. The van der Waals surface area contributed by atoms with E-state index in [9.17, 15) is 9.90 Å². The summed E-state index contributed by atoms with van der Waals surface area (Å²) in [5.74, 6) is -0.887. The van der Waals surface area contributed by atoms with Crippen LogP contribution >= 0.6 is 0 Å². The molecule has 0 bridgehead atoms. The number of carboxylic acids is 1. The normalized spacial score (nSPS) is 10.5. The lowest BCUT2D eigenvalue weighted by molar-refractivity contribution is 0.0689. The number of aromatic carboxylic acids is 1. The van der Waals surface area contributed by atoms with Crippen molar-refractivity contribution in [1.82, 2.24) is 10.2 Å². The highest BCUT2D eigenvalue weighted by Gasteiger charge is 2.18. The first-order valence-electron chi connectivity index (χ1n) is 6.77. The van der Waals surface area contributed by atoms with Crippen LogP contribution in [0.1, 0.15) is 60.6 Å². The molecule has 19 heavy (non-hydrogen) atoms. The average Bonchev–Trinajstić information content (AvgIpc) is 2.37. The maximum Gasteiger partial charge on any atom is 0.341 e. The lowest BCUT2D eigenvalue weighted by Crippen LogP contribution is -2.11. The predicted molar refractivity (Wildman–Crippen MR) is 72.7 cm³/mol. The van der Waals surface area contributed by atoms with Crippen LogP contribution < -0.4 is 4.74 Å². The molecule has 5 heteroatoms.